The van der Waals surface area contributed by atoms with Crippen LogP contribution in [0.5, 0.6) is 0 Å². The van der Waals surface area contributed by atoms with Gasteiger partial charge in [-0.05, 0) is 5.56 Å². The van der Waals surface area contributed by atoms with Crippen LogP contribution in [0.3, 0.4) is 0 Å². The van der Waals surface area contributed by atoms with Crippen LogP contribution in [0.1, 0.15) is 5.56 Å². The first kappa shape index (κ1) is 33.2. The summed E-state index contributed by atoms with van der Waals surface area (Å²) >= 11 is 0. The van der Waals surface area contributed by atoms with Gasteiger partial charge in [-0.2, -0.15) is 10.5 Å². The number of nitriles is 2. The Balaban J connectivity index is -0.000000140. The quantitative estimate of drug-likeness (QED) is 0.388. The van der Waals surface area contributed by atoms with Gasteiger partial charge in [0, 0.05) is 12.2 Å². The summed E-state index contributed by atoms with van der Waals surface area (Å²) in [5, 5.41) is 15.0. The summed E-state index contributed by atoms with van der Waals surface area (Å²) in [6.07, 6.45) is 10.8. The molecule has 0 bridgehead atoms. The first-order valence-electron chi connectivity index (χ1n) is 8.75. The molecule has 2 rings (SSSR count). The number of nitrogens with zero attached hydrogens (tertiary/aromatic N) is 2. The zero-order chi connectivity index (χ0) is 23.7. The minimum Gasteiger partial charge on any atom is -0.193 e. The molecular formula is C28H32N2. The van der Waals surface area contributed by atoms with Crippen LogP contribution in [-0.4, -0.2) is 0 Å². The van der Waals surface area contributed by atoms with Crippen molar-refractivity contribution in [2.45, 2.75) is 0 Å². The topological polar surface area (TPSA) is 47.6 Å². The van der Waals surface area contributed by atoms with Crippen LogP contribution in [0, 0.1) is 22.7 Å². The molecular weight excluding hydrogens is 364 g/mol. The molecule has 0 radical (unpaired) electrons. The average molecular weight is 397 g/mol. The maximum Gasteiger partial charge on any atom is 0.0905 e. The van der Waals surface area contributed by atoms with E-state index >= 15 is 0 Å². The summed E-state index contributed by atoms with van der Waals surface area (Å²) in [7, 11) is 0. The Morgan fingerprint density at radius 1 is 0.500 bits per heavy atom. The third-order valence-corrected chi connectivity index (χ3v) is 2.22. The molecule has 0 atom stereocenters. The van der Waals surface area contributed by atoms with Gasteiger partial charge in [-0.15, -0.1) is 0 Å². The zero-order valence-corrected chi connectivity index (χ0v) is 17.7. The summed E-state index contributed by atoms with van der Waals surface area (Å²) in [6.45, 7) is 23.3. The molecule has 0 aliphatic heterocycles. The second-order valence-electron chi connectivity index (χ2n) is 4.38. The highest BCUT2D eigenvalue weighted by atomic mass is 14.2. The lowest BCUT2D eigenvalue weighted by molar-refractivity contribution is 1.54. The molecule has 30 heavy (non-hydrogen) atoms. The van der Waals surface area contributed by atoms with Crippen molar-refractivity contribution < 1.29 is 0 Å². The van der Waals surface area contributed by atoms with E-state index in [4.69, 9.17) is 10.5 Å². The Labute approximate surface area is 183 Å². The summed E-state index contributed by atoms with van der Waals surface area (Å²) in [5.74, 6) is 0. The number of hydrogen-bond donors (Lipinski definition) is 0. The summed E-state index contributed by atoms with van der Waals surface area (Å²) in [5.41, 5.74) is 1.17. The zero-order valence-electron chi connectivity index (χ0n) is 17.7. The SMILES string of the molecule is C=CC#N.C=CC#N.C=CC=C.C=CC=C.C=Cc1ccccc1.c1ccccc1. The molecule has 2 nitrogen and oxygen atoms in total. The Morgan fingerprint density at radius 2 is 0.733 bits per heavy atom. The van der Waals surface area contributed by atoms with E-state index in [0.29, 0.717) is 0 Å². The highest BCUT2D eigenvalue weighted by molar-refractivity contribution is 5.45. The van der Waals surface area contributed by atoms with Gasteiger partial charge in [-0.25, -0.2) is 0 Å². The standard InChI is InChI=1S/C8H8.C6H6.2C4H6.2C3H3N/c1-2-8-6-4-3-5-7-8;1-2-4-6-5-3-1;2*1-3-4-2;2*1-2-3-4/h2-7H,1H2;1-6H;2*3-4H,1-2H2;2*2H,1H2. The van der Waals surface area contributed by atoms with Crippen molar-refractivity contribution in [3.8, 4) is 12.1 Å². The first-order chi connectivity index (χ1) is 14.6. The highest BCUT2D eigenvalue weighted by Crippen LogP contribution is 1.97. The lowest BCUT2D eigenvalue weighted by Gasteiger charge is -1.85. The minimum absolute atomic E-state index is 1.17. The Kier molecular flexibility index (Phi) is 43.8. The van der Waals surface area contributed by atoms with Crippen LogP contribution >= 0.6 is 0 Å². The normalized spacial score (nSPS) is 6.20. The second kappa shape index (κ2) is 39.6. The molecule has 0 aliphatic rings. The van der Waals surface area contributed by atoms with Crippen molar-refractivity contribution in [2.75, 3.05) is 0 Å². The first-order valence-corrected chi connectivity index (χ1v) is 8.75. The van der Waals surface area contributed by atoms with Crippen molar-refractivity contribution in [1.82, 2.24) is 0 Å². The predicted molar refractivity (Wildman–Crippen MR) is 135 cm³/mol. The van der Waals surface area contributed by atoms with Crippen LogP contribution in [0.15, 0.2) is 149 Å². The molecule has 0 amide bonds. The van der Waals surface area contributed by atoms with E-state index in [1.807, 2.05) is 72.8 Å². The predicted octanol–water partition coefficient (Wildman–Crippen LogP) is 8.12. The molecule has 0 unspecified atom stereocenters. The van der Waals surface area contributed by atoms with Crippen LogP contribution in [-0.2, 0) is 0 Å². The average Bonchev–Trinajstić information content (AvgIpc) is 2.86. The van der Waals surface area contributed by atoms with Gasteiger partial charge in [0.05, 0.1) is 12.1 Å². The molecule has 2 aromatic rings. The van der Waals surface area contributed by atoms with Crippen molar-refractivity contribution in [2.24, 2.45) is 0 Å². The van der Waals surface area contributed by atoms with Crippen molar-refractivity contribution >= 4 is 6.08 Å². The maximum absolute atomic E-state index is 7.51. The monoisotopic (exact) mass is 396 g/mol. The van der Waals surface area contributed by atoms with Crippen molar-refractivity contribution in [3.63, 3.8) is 0 Å². The third kappa shape index (κ3) is 49.5. The summed E-state index contributed by atoms with van der Waals surface area (Å²) in [6, 6.07) is 25.4. The Morgan fingerprint density at radius 3 is 0.867 bits per heavy atom. The molecule has 0 N–H and O–H groups in total. The second-order valence-corrected chi connectivity index (χ2v) is 4.38. The van der Waals surface area contributed by atoms with Crippen LogP contribution < -0.4 is 0 Å². The number of benzene rings is 2. The van der Waals surface area contributed by atoms with Gasteiger partial charge in [0.15, 0.2) is 0 Å². The number of allylic oxidation sites excluding steroid dienone is 6. The molecule has 0 fully saturated rings. The molecule has 0 spiro atoms. The number of rotatable bonds is 3. The van der Waals surface area contributed by atoms with E-state index in [1.165, 1.54) is 17.7 Å². The molecule has 0 saturated carbocycles. The fourth-order valence-corrected chi connectivity index (χ4v) is 0.974. The van der Waals surface area contributed by atoms with Crippen molar-refractivity contribution in [1.29, 1.82) is 10.5 Å². The van der Waals surface area contributed by atoms with Crippen molar-refractivity contribution in [3.05, 3.63) is 155 Å². The molecule has 0 saturated heterocycles. The van der Waals surface area contributed by atoms with Gasteiger partial charge < -0.3 is 0 Å². The van der Waals surface area contributed by atoms with Gasteiger partial charge in [0.1, 0.15) is 0 Å². The third-order valence-electron chi connectivity index (χ3n) is 2.22. The highest BCUT2D eigenvalue weighted by Gasteiger charge is 1.75. The van der Waals surface area contributed by atoms with E-state index in [2.05, 4.69) is 46.1 Å². The molecule has 0 aliphatic carbocycles. The van der Waals surface area contributed by atoms with E-state index in [0.717, 1.165) is 0 Å². The van der Waals surface area contributed by atoms with E-state index in [9.17, 15) is 0 Å². The Bertz CT molecular complexity index is 674. The van der Waals surface area contributed by atoms with Gasteiger partial charge in [0.25, 0.3) is 0 Å². The van der Waals surface area contributed by atoms with E-state index in [1.54, 1.807) is 36.4 Å². The molecule has 0 heterocycles. The largest absolute Gasteiger partial charge is 0.193 e. The number of hydrogen-bond acceptors (Lipinski definition) is 2. The molecule has 154 valence electrons. The summed E-state index contributed by atoms with van der Waals surface area (Å²) < 4.78 is 0. The van der Waals surface area contributed by atoms with E-state index < -0.39 is 0 Å². The maximum atomic E-state index is 7.51. The summed E-state index contributed by atoms with van der Waals surface area (Å²) in [4.78, 5) is 0. The minimum atomic E-state index is 1.17. The van der Waals surface area contributed by atoms with Crippen LogP contribution in [0.2, 0.25) is 0 Å². The molecule has 0 aromatic heterocycles. The lowest BCUT2D eigenvalue weighted by Crippen LogP contribution is -1.63. The van der Waals surface area contributed by atoms with E-state index in [-0.39, 0.29) is 0 Å². The van der Waals surface area contributed by atoms with Gasteiger partial charge in [0.2, 0.25) is 0 Å². The van der Waals surface area contributed by atoms with Crippen LogP contribution in [0.25, 0.3) is 6.08 Å². The Hall–Kier alpha value is -4.40. The molecule has 2 aromatic carbocycles. The van der Waals surface area contributed by atoms with Gasteiger partial charge in [-0.3, -0.25) is 0 Å². The fraction of sp³-hybridized carbons (Fsp3) is 0. The van der Waals surface area contributed by atoms with Crippen LogP contribution in [0.4, 0.5) is 0 Å². The lowest BCUT2D eigenvalue weighted by atomic mass is 10.2. The van der Waals surface area contributed by atoms with Gasteiger partial charge in [-0.1, -0.05) is 143 Å². The molecule has 2 heteroatoms. The smallest absolute Gasteiger partial charge is 0.0905 e. The van der Waals surface area contributed by atoms with Gasteiger partial charge >= 0.3 is 0 Å². The fourth-order valence-electron chi connectivity index (χ4n) is 0.974.